The lowest BCUT2D eigenvalue weighted by atomic mass is 10.4. The van der Waals surface area contributed by atoms with E-state index in [1.54, 1.807) is 23.4 Å². The van der Waals surface area contributed by atoms with Gasteiger partial charge < -0.3 is 5.73 Å². The molecule has 0 amide bonds. The third-order valence-electron chi connectivity index (χ3n) is 2.46. The Hall–Kier alpha value is -2.44. The largest absolute Gasteiger partial charge is 0.396 e. The Bertz CT molecular complexity index is 666. The van der Waals surface area contributed by atoms with E-state index in [1.165, 1.54) is 0 Å². The zero-order valence-corrected chi connectivity index (χ0v) is 9.28. The minimum Gasteiger partial charge on any atom is -0.396 e. The maximum absolute atomic E-state index is 5.60. The van der Waals surface area contributed by atoms with Gasteiger partial charge in [0.1, 0.15) is 12.9 Å². The van der Waals surface area contributed by atoms with Crippen molar-refractivity contribution in [2.75, 3.05) is 5.73 Å². The van der Waals surface area contributed by atoms with Crippen molar-refractivity contribution < 1.29 is 0 Å². The molecule has 3 aromatic rings. The van der Waals surface area contributed by atoms with Crippen LogP contribution < -0.4 is 5.73 Å². The number of hydrogen-bond donors (Lipinski definition) is 1. The van der Waals surface area contributed by atoms with Crippen LogP contribution in [0.4, 0.5) is 5.69 Å². The first-order valence-electron chi connectivity index (χ1n) is 5.16. The minimum absolute atomic E-state index is 0.517. The monoisotopic (exact) mass is 229 g/mol. The molecule has 0 spiro atoms. The molecule has 2 N–H and O–H groups in total. The molecule has 3 aromatic heterocycles. The van der Waals surface area contributed by atoms with E-state index in [4.69, 9.17) is 5.73 Å². The number of nitrogen functional groups attached to an aromatic ring is 1. The lowest BCUT2D eigenvalue weighted by molar-refractivity contribution is 0.648. The second kappa shape index (κ2) is 3.55. The van der Waals surface area contributed by atoms with Gasteiger partial charge in [-0.15, -0.1) is 10.2 Å². The first-order chi connectivity index (χ1) is 8.22. The van der Waals surface area contributed by atoms with E-state index in [0.29, 0.717) is 12.2 Å². The normalized spacial score (nSPS) is 11.1. The topological polar surface area (TPSA) is 86.9 Å². The Morgan fingerprint density at radius 3 is 3.00 bits per heavy atom. The van der Waals surface area contributed by atoms with Gasteiger partial charge in [-0.05, 0) is 6.92 Å². The quantitative estimate of drug-likeness (QED) is 0.681. The molecular formula is C10H11N7. The Labute approximate surface area is 96.9 Å². The van der Waals surface area contributed by atoms with E-state index >= 15 is 0 Å². The van der Waals surface area contributed by atoms with Crippen LogP contribution in [0.5, 0.6) is 0 Å². The Morgan fingerprint density at radius 1 is 1.35 bits per heavy atom. The van der Waals surface area contributed by atoms with Crippen molar-refractivity contribution in [3.63, 3.8) is 0 Å². The summed E-state index contributed by atoms with van der Waals surface area (Å²) >= 11 is 0. The van der Waals surface area contributed by atoms with Gasteiger partial charge in [-0.25, -0.2) is 4.98 Å². The molecule has 0 aromatic carbocycles. The Morgan fingerprint density at radius 2 is 2.24 bits per heavy atom. The fourth-order valence-electron chi connectivity index (χ4n) is 1.65. The molecule has 0 bridgehead atoms. The zero-order chi connectivity index (χ0) is 11.8. The van der Waals surface area contributed by atoms with Gasteiger partial charge >= 0.3 is 0 Å². The number of nitrogens with two attached hydrogens (primary N) is 1. The van der Waals surface area contributed by atoms with Crippen molar-refractivity contribution in [3.05, 3.63) is 36.3 Å². The zero-order valence-electron chi connectivity index (χ0n) is 9.28. The van der Waals surface area contributed by atoms with Gasteiger partial charge in [0, 0.05) is 18.0 Å². The summed E-state index contributed by atoms with van der Waals surface area (Å²) in [7, 11) is 0. The predicted molar refractivity (Wildman–Crippen MR) is 61.3 cm³/mol. The van der Waals surface area contributed by atoms with Gasteiger partial charge in [0.15, 0.2) is 11.5 Å². The number of aryl methyl sites for hydroxylation is 1. The van der Waals surface area contributed by atoms with E-state index in [0.717, 1.165) is 17.2 Å². The summed E-state index contributed by atoms with van der Waals surface area (Å²) in [6.45, 7) is 2.44. The fraction of sp³-hybridized carbons (Fsp3) is 0.200. The lowest BCUT2D eigenvalue weighted by Gasteiger charge is -2.00. The van der Waals surface area contributed by atoms with Crippen LogP contribution in [-0.2, 0) is 6.54 Å². The number of anilines is 1. The number of nitrogens with zero attached hydrogens (tertiary/aromatic N) is 6. The van der Waals surface area contributed by atoms with Crippen LogP contribution in [0.15, 0.2) is 24.8 Å². The summed E-state index contributed by atoms with van der Waals surface area (Å²) in [5.41, 5.74) is 7.94. The number of fused-ring (bicyclic) bond motifs is 1. The van der Waals surface area contributed by atoms with Gasteiger partial charge in [0.25, 0.3) is 0 Å². The van der Waals surface area contributed by atoms with Crippen molar-refractivity contribution in [1.82, 2.24) is 29.4 Å². The summed E-state index contributed by atoms with van der Waals surface area (Å²) < 4.78 is 3.55. The molecule has 0 fully saturated rings. The van der Waals surface area contributed by atoms with Crippen LogP contribution >= 0.6 is 0 Å². The van der Waals surface area contributed by atoms with Gasteiger partial charge in [-0.2, -0.15) is 5.10 Å². The van der Waals surface area contributed by atoms with Crippen LogP contribution in [0.2, 0.25) is 0 Å². The average molecular weight is 229 g/mol. The third kappa shape index (κ3) is 1.71. The van der Waals surface area contributed by atoms with Crippen molar-refractivity contribution in [2.45, 2.75) is 13.5 Å². The Kier molecular flexibility index (Phi) is 2.04. The molecule has 17 heavy (non-hydrogen) atoms. The number of hydrogen-bond acceptors (Lipinski definition) is 5. The Balaban J connectivity index is 2.00. The molecule has 0 aliphatic carbocycles. The maximum atomic E-state index is 5.60. The van der Waals surface area contributed by atoms with E-state index in [2.05, 4.69) is 20.3 Å². The summed E-state index contributed by atoms with van der Waals surface area (Å²) in [6, 6.07) is 1.88. The van der Waals surface area contributed by atoms with E-state index in [9.17, 15) is 0 Å². The molecule has 0 aliphatic heterocycles. The third-order valence-corrected chi connectivity index (χ3v) is 2.46. The van der Waals surface area contributed by atoms with Crippen LogP contribution in [0.3, 0.4) is 0 Å². The van der Waals surface area contributed by atoms with Gasteiger partial charge in [-0.3, -0.25) is 9.08 Å². The van der Waals surface area contributed by atoms with Crippen LogP contribution in [0.1, 0.15) is 11.5 Å². The highest BCUT2D eigenvalue weighted by atomic mass is 15.3. The summed E-state index contributed by atoms with van der Waals surface area (Å²) in [4.78, 5) is 4.22. The molecule has 0 aliphatic rings. The van der Waals surface area contributed by atoms with E-state index in [1.807, 2.05) is 17.4 Å². The highest BCUT2D eigenvalue weighted by Gasteiger charge is 2.07. The summed E-state index contributed by atoms with van der Waals surface area (Å²) in [5, 5.41) is 12.3. The predicted octanol–water partition coefficient (Wildman–Crippen LogP) is 0.260. The molecule has 0 saturated carbocycles. The minimum atomic E-state index is 0.517. The van der Waals surface area contributed by atoms with Crippen LogP contribution in [0.25, 0.3) is 5.65 Å². The number of aromatic nitrogens is 6. The first-order valence-corrected chi connectivity index (χ1v) is 5.16. The lowest BCUT2D eigenvalue weighted by Crippen LogP contribution is -2.05. The van der Waals surface area contributed by atoms with Crippen molar-refractivity contribution in [1.29, 1.82) is 0 Å². The maximum Gasteiger partial charge on any atom is 0.163 e. The average Bonchev–Trinajstić information content (AvgIpc) is 2.86. The molecule has 7 heteroatoms. The molecular weight excluding hydrogens is 218 g/mol. The van der Waals surface area contributed by atoms with Crippen molar-refractivity contribution >= 4 is 11.3 Å². The second-order valence-corrected chi connectivity index (χ2v) is 3.85. The molecule has 7 nitrogen and oxygen atoms in total. The van der Waals surface area contributed by atoms with Gasteiger partial charge in [0.05, 0.1) is 11.9 Å². The molecule has 0 radical (unpaired) electrons. The first kappa shape index (κ1) is 9.76. The molecule has 3 rings (SSSR count). The molecule has 0 unspecified atom stereocenters. The highest BCUT2D eigenvalue weighted by molar-refractivity contribution is 5.38. The highest BCUT2D eigenvalue weighted by Crippen LogP contribution is 2.06. The summed E-state index contributed by atoms with van der Waals surface area (Å²) in [6.07, 6.45) is 5.07. The molecule has 0 saturated heterocycles. The van der Waals surface area contributed by atoms with Crippen molar-refractivity contribution in [2.24, 2.45) is 0 Å². The SMILES string of the molecule is Cc1cc2nnc(Cn3cc(N)cn3)n2cn1. The van der Waals surface area contributed by atoms with Crippen molar-refractivity contribution in [3.8, 4) is 0 Å². The van der Waals surface area contributed by atoms with E-state index in [-0.39, 0.29) is 0 Å². The second-order valence-electron chi connectivity index (χ2n) is 3.85. The van der Waals surface area contributed by atoms with Crippen LogP contribution in [0, 0.1) is 6.92 Å². The van der Waals surface area contributed by atoms with Crippen LogP contribution in [-0.4, -0.2) is 29.4 Å². The smallest absolute Gasteiger partial charge is 0.163 e. The molecule has 0 atom stereocenters. The molecule has 3 heterocycles. The standard InChI is InChI=1S/C10H11N7/c1-7-2-9-14-15-10(17(9)6-12-7)5-16-4-8(11)3-13-16/h2-4,6H,5,11H2,1H3. The van der Waals surface area contributed by atoms with Gasteiger partial charge in [0.2, 0.25) is 0 Å². The van der Waals surface area contributed by atoms with E-state index < -0.39 is 0 Å². The fourth-order valence-corrected chi connectivity index (χ4v) is 1.65. The number of rotatable bonds is 2. The van der Waals surface area contributed by atoms with Gasteiger partial charge in [-0.1, -0.05) is 0 Å². The summed E-state index contributed by atoms with van der Waals surface area (Å²) in [5.74, 6) is 0.774. The molecule has 86 valence electrons.